The Bertz CT molecular complexity index is 462. The van der Waals surface area contributed by atoms with E-state index in [0.29, 0.717) is 6.54 Å². The normalized spacial score (nSPS) is 16.6. The lowest BCUT2D eigenvalue weighted by molar-refractivity contribution is -0.129. The van der Waals surface area contributed by atoms with Gasteiger partial charge in [0.05, 0.1) is 12.5 Å². The molecule has 0 saturated heterocycles. The maximum Gasteiger partial charge on any atom is 0.231 e. The zero-order valence-electron chi connectivity index (χ0n) is 11.7. The summed E-state index contributed by atoms with van der Waals surface area (Å²) in [7, 11) is 1.66. The molecule has 3 N–H and O–H groups in total. The molecular formula is C15H22N2O2. The summed E-state index contributed by atoms with van der Waals surface area (Å²) in [6.07, 6.45) is 3.75. The number of methoxy groups -OCH3 is 1. The van der Waals surface area contributed by atoms with Gasteiger partial charge in [-0.05, 0) is 43.0 Å². The lowest BCUT2D eigenvalue weighted by atomic mass is 9.68. The van der Waals surface area contributed by atoms with Crippen LogP contribution in [0.15, 0.2) is 18.2 Å². The van der Waals surface area contributed by atoms with Gasteiger partial charge in [-0.1, -0.05) is 13.3 Å². The van der Waals surface area contributed by atoms with Gasteiger partial charge in [0.2, 0.25) is 5.91 Å². The highest BCUT2D eigenvalue weighted by molar-refractivity contribution is 5.96. The molecule has 104 valence electrons. The quantitative estimate of drug-likeness (QED) is 0.856. The molecule has 0 radical (unpaired) electrons. The van der Waals surface area contributed by atoms with Crippen molar-refractivity contribution in [3.8, 4) is 5.75 Å². The minimum Gasteiger partial charge on any atom is -0.496 e. The summed E-state index contributed by atoms with van der Waals surface area (Å²) in [6, 6.07) is 5.74. The van der Waals surface area contributed by atoms with Gasteiger partial charge in [0, 0.05) is 12.2 Å². The summed E-state index contributed by atoms with van der Waals surface area (Å²) in [5.41, 5.74) is 7.32. The minimum atomic E-state index is -0.341. The largest absolute Gasteiger partial charge is 0.496 e. The van der Waals surface area contributed by atoms with E-state index in [9.17, 15) is 4.79 Å². The molecule has 0 aromatic heterocycles. The van der Waals surface area contributed by atoms with Gasteiger partial charge in [-0.15, -0.1) is 0 Å². The molecule has 0 bridgehead atoms. The van der Waals surface area contributed by atoms with Crippen LogP contribution in [0.1, 0.15) is 31.7 Å². The van der Waals surface area contributed by atoms with Crippen LogP contribution < -0.4 is 15.8 Å². The van der Waals surface area contributed by atoms with Crippen LogP contribution in [-0.2, 0) is 11.2 Å². The summed E-state index contributed by atoms with van der Waals surface area (Å²) < 4.78 is 5.28. The van der Waals surface area contributed by atoms with E-state index in [0.717, 1.165) is 42.7 Å². The Morgan fingerprint density at radius 1 is 1.47 bits per heavy atom. The van der Waals surface area contributed by atoms with E-state index >= 15 is 0 Å². The standard InChI is InChI=1S/C15H22N2O2/c1-3-11-9-12(5-6-13(11)19-2)17-14(18)15(10-16)7-4-8-15/h5-6,9H,3-4,7-8,10,16H2,1-2H3,(H,17,18). The fourth-order valence-electron chi connectivity index (χ4n) is 2.52. The maximum absolute atomic E-state index is 12.3. The van der Waals surface area contributed by atoms with Crippen molar-refractivity contribution in [2.45, 2.75) is 32.6 Å². The summed E-state index contributed by atoms with van der Waals surface area (Å²) in [6.45, 7) is 2.49. The van der Waals surface area contributed by atoms with Crippen LogP contribution in [0.3, 0.4) is 0 Å². The van der Waals surface area contributed by atoms with Crippen molar-refractivity contribution in [1.29, 1.82) is 0 Å². The maximum atomic E-state index is 12.3. The Hall–Kier alpha value is -1.55. The molecule has 1 saturated carbocycles. The van der Waals surface area contributed by atoms with E-state index < -0.39 is 0 Å². The van der Waals surface area contributed by atoms with Crippen molar-refractivity contribution in [3.05, 3.63) is 23.8 Å². The van der Waals surface area contributed by atoms with E-state index in [1.807, 2.05) is 18.2 Å². The van der Waals surface area contributed by atoms with Gasteiger partial charge in [-0.25, -0.2) is 0 Å². The second kappa shape index (κ2) is 5.61. The summed E-state index contributed by atoms with van der Waals surface area (Å²) in [5.74, 6) is 0.908. The molecule has 1 aliphatic carbocycles. The average Bonchev–Trinajstić information content (AvgIpc) is 2.38. The number of ether oxygens (including phenoxy) is 1. The lowest BCUT2D eigenvalue weighted by Crippen LogP contribution is -2.47. The van der Waals surface area contributed by atoms with Crippen LogP contribution in [0.25, 0.3) is 0 Å². The molecule has 0 atom stereocenters. The van der Waals surface area contributed by atoms with E-state index in [1.54, 1.807) is 7.11 Å². The predicted molar refractivity (Wildman–Crippen MR) is 76.3 cm³/mol. The number of anilines is 1. The number of carbonyl (C=O) groups is 1. The van der Waals surface area contributed by atoms with E-state index in [2.05, 4.69) is 12.2 Å². The number of nitrogens with two attached hydrogens (primary N) is 1. The molecule has 0 unspecified atom stereocenters. The highest BCUT2D eigenvalue weighted by atomic mass is 16.5. The highest BCUT2D eigenvalue weighted by Gasteiger charge is 2.42. The Morgan fingerprint density at radius 2 is 2.21 bits per heavy atom. The first-order chi connectivity index (χ1) is 9.15. The van der Waals surface area contributed by atoms with E-state index in [1.165, 1.54) is 0 Å². The number of carbonyl (C=O) groups excluding carboxylic acids is 1. The summed E-state index contributed by atoms with van der Waals surface area (Å²) >= 11 is 0. The molecule has 0 spiro atoms. The first-order valence-corrected chi connectivity index (χ1v) is 6.83. The molecule has 19 heavy (non-hydrogen) atoms. The van der Waals surface area contributed by atoms with E-state index in [-0.39, 0.29) is 11.3 Å². The predicted octanol–water partition coefficient (Wildman–Crippen LogP) is 2.33. The number of hydrogen-bond donors (Lipinski definition) is 2. The van der Waals surface area contributed by atoms with Crippen molar-refractivity contribution < 1.29 is 9.53 Å². The molecule has 4 heteroatoms. The van der Waals surface area contributed by atoms with Crippen LogP contribution in [0, 0.1) is 5.41 Å². The fraction of sp³-hybridized carbons (Fsp3) is 0.533. The first kappa shape index (κ1) is 13.9. The Labute approximate surface area is 114 Å². The van der Waals surface area contributed by atoms with Crippen LogP contribution in [-0.4, -0.2) is 19.6 Å². The van der Waals surface area contributed by atoms with Gasteiger partial charge in [0.15, 0.2) is 0 Å². The van der Waals surface area contributed by atoms with Crippen molar-refractivity contribution in [1.82, 2.24) is 0 Å². The third kappa shape index (κ3) is 2.59. The second-order valence-corrected chi connectivity index (χ2v) is 5.17. The molecule has 0 aliphatic heterocycles. The fourth-order valence-corrected chi connectivity index (χ4v) is 2.52. The first-order valence-electron chi connectivity index (χ1n) is 6.83. The topological polar surface area (TPSA) is 64.4 Å². The number of amides is 1. The third-order valence-corrected chi connectivity index (χ3v) is 4.10. The van der Waals surface area contributed by atoms with Crippen molar-refractivity contribution in [2.75, 3.05) is 19.0 Å². The summed E-state index contributed by atoms with van der Waals surface area (Å²) in [4.78, 5) is 12.3. The molecule has 1 aliphatic rings. The van der Waals surface area contributed by atoms with Crippen molar-refractivity contribution in [2.24, 2.45) is 11.1 Å². The van der Waals surface area contributed by atoms with Crippen LogP contribution in [0.5, 0.6) is 5.75 Å². The lowest BCUT2D eigenvalue weighted by Gasteiger charge is -2.39. The van der Waals surface area contributed by atoms with Crippen LogP contribution >= 0.6 is 0 Å². The number of rotatable bonds is 5. The van der Waals surface area contributed by atoms with Gasteiger partial charge < -0.3 is 15.8 Å². The monoisotopic (exact) mass is 262 g/mol. The van der Waals surface area contributed by atoms with Gasteiger partial charge >= 0.3 is 0 Å². The number of aryl methyl sites for hydroxylation is 1. The molecule has 1 aromatic rings. The molecule has 1 amide bonds. The molecule has 0 heterocycles. The zero-order chi connectivity index (χ0) is 13.9. The van der Waals surface area contributed by atoms with E-state index in [4.69, 9.17) is 10.5 Å². The molecule has 2 rings (SSSR count). The molecule has 1 fully saturated rings. The molecule has 1 aromatic carbocycles. The Balaban J connectivity index is 2.13. The third-order valence-electron chi connectivity index (χ3n) is 4.10. The SMILES string of the molecule is CCc1cc(NC(=O)C2(CN)CCC2)ccc1OC. The number of hydrogen-bond acceptors (Lipinski definition) is 3. The van der Waals surface area contributed by atoms with Gasteiger partial charge in [-0.2, -0.15) is 0 Å². The zero-order valence-corrected chi connectivity index (χ0v) is 11.7. The van der Waals surface area contributed by atoms with Gasteiger partial charge in [0.1, 0.15) is 5.75 Å². The number of nitrogens with one attached hydrogen (secondary N) is 1. The van der Waals surface area contributed by atoms with Crippen LogP contribution in [0.4, 0.5) is 5.69 Å². The summed E-state index contributed by atoms with van der Waals surface area (Å²) in [5, 5.41) is 2.99. The van der Waals surface area contributed by atoms with Gasteiger partial charge in [-0.3, -0.25) is 4.79 Å². The molecular weight excluding hydrogens is 240 g/mol. The van der Waals surface area contributed by atoms with Crippen molar-refractivity contribution in [3.63, 3.8) is 0 Å². The second-order valence-electron chi connectivity index (χ2n) is 5.17. The van der Waals surface area contributed by atoms with Crippen LogP contribution in [0.2, 0.25) is 0 Å². The Kier molecular flexibility index (Phi) is 4.10. The minimum absolute atomic E-state index is 0.0495. The highest BCUT2D eigenvalue weighted by Crippen LogP contribution is 2.41. The smallest absolute Gasteiger partial charge is 0.231 e. The van der Waals surface area contributed by atoms with Crippen molar-refractivity contribution >= 4 is 11.6 Å². The number of benzene rings is 1. The average molecular weight is 262 g/mol. The molecule has 4 nitrogen and oxygen atoms in total. The van der Waals surface area contributed by atoms with Gasteiger partial charge in [0.25, 0.3) is 0 Å². The Morgan fingerprint density at radius 3 is 2.68 bits per heavy atom.